The maximum atomic E-state index is 12.9. The van der Waals surface area contributed by atoms with Crippen LogP contribution in [0.5, 0.6) is 0 Å². The molecule has 0 heterocycles. The van der Waals surface area contributed by atoms with Crippen molar-refractivity contribution >= 4 is 0 Å². The minimum Gasteiger partial charge on any atom is -0.187 e. The molecule has 0 saturated carbocycles. The normalized spacial score (nSPS) is 15.5. The predicted molar refractivity (Wildman–Crippen MR) is 42.8 cm³/mol. The van der Waals surface area contributed by atoms with Crippen LogP contribution < -0.4 is 0 Å². The van der Waals surface area contributed by atoms with Crippen LogP contribution in [0.1, 0.15) is 27.2 Å². The van der Waals surface area contributed by atoms with E-state index < -0.39 is 28.7 Å². The van der Waals surface area contributed by atoms with Gasteiger partial charge in [0, 0.05) is 5.54 Å². The van der Waals surface area contributed by atoms with E-state index in [1.807, 2.05) is 0 Å². The van der Waals surface area contributed by atoms with Gasteiger partial charge >= 0.3 is 18.1 Å². The van der Waals surface area contributed by atoms with Gasteiger partial charge in [0.05, 0.1) is 0 Å². The molecule has 0 spiro atoms. The van der Waals surface area contributed by atoms with Crippen molar-refractivity contribution in [3.05, 3.63) is 0 Å². The van der Waals surface area contributed by atoms with Gasteiger partial charge in [0.15, 0.2) is 0 Å². The smallest absolute Gasteiger partial charge is 0.187 e. The molecular formula is C8H11F7NO. The molecule has 0 aliphatic rings. The van der Waals surface area contributed by atoms with Crippen LogP contribution in [0.4, 0.5) is 30.7 Å². The summed E-state index contributed by atoms with van der Waals surface area (Å²) in [7, 11) is 0. The Kier molecular flexibility index (Phi) is 4.13. The van der Waals surface area contributed by atoms with Crippen molar-refractivity contribution in [2.24, 2.45) is 0 Å². The molecule has 0 rings (SSSR count). The summed E-state index contributed by atoms with van der Waals surface area (Å²) in [4.78, 5) is 0. The maximum absolute atomic E-state index is 12.9. The minimum absolute atomic E-state index is 0.319. The highest BCUT2D eigenvalue weighted by molar-refractivity contribution is 4.92. The first-order chi connectivity index (χ1) is 7.22. The highest BCUT2D eigenvalue weighted by atomic mass is 19.4. The first kappa shape index (κ1) is 16.4. The molecule has 0 N–H and O–H groups in total. The van der Waals surface area contributed by atoms with E-state index in [0.717, 1.165) is 13.8 Å². The molecule has 0 aromatic rings. The van der Waals surface area contributed by atoms with E-state index in [1.54, 1.807) is 0 Å². The van der Waals surface area contributed by atoms with Gasteiger partial charge in [0.2, 0.25) is 0 Å². The molecule has 2 nitrogen and oxygen atoms in total. The molecular weight excluding hydrogens is 259 g/mol. The van der Waals surface area contributed by atoms with Gasteiger partial charge in [0.1, 0.15) is 0 Å². The SMILES string of the molecule is CCC(C)(C)N([O])C(F)(F)C(F)(F)C(F)(F)F. The van der Waals surface area contributed by atoms with E-state index in [2.05, 4.69) is 0 Å². The van der Waals surface area contributed by atoms with E-state index in [1.165, 1.54) is 6.92 Å². The number of rotatable bonds is 4. The molecule has 0 aromatic carbocycles. The summed E-state index contributed by atoms with van der Waals surface area (Å²) in [6.07, 6.45) is -6.82. The van der Waals surface area contributed by atoms with Gasteiger partial charge in [-0.2, -0.15) is 30.7 Å². The number of nitrogens with zero attached hydrogens (tertiary/aromatic N) is 1. The third kappa shape index (κ3) is 2.65. The van der Waals surface area contributed by atoms with Crippen LogP contribution >= 0.6 is 0 Å². The summed E-state index contributed by atoms with van der Waals surface area (Å²) in [5.74, 6) is -6.41. The molecule has 0 aliphatic heterocycles. The number of hydrogen-bond donors (Lipinski definition) is 0. The molecule has 0 saturated heterocycles. The third-order valence-electron chi connectivity index (χ3n) is 2.40. The molecule has 9 heteroatoms. The van der Waals surface area contributed by atoms with E-state index >= 15 is 0 Å². The zero-order chi connectivity index (χ0) is 14.3. The lowest BCUT2D eigenvalue weighted by atomic mass is 10.0. The predicted octanol–water partition coefficient (Wildman–Crippen LogP) is 3.61. The fraction of sp³-hybridized carbons (Fsp3) is 1.00. The van der Waals surface area contributed by atoms with Gasteiger partial charge in [-0.15, -0.1) is 5.21 Å². The van der Waals surface area contributed by atoms with Gasteiger partial charge in [-0.1, -0.05) is 12.0 Å². The standard InChI is InChI=1S/C8H11F7NO/c1-4-5(2,3)16(17)8(14,15)6(9,10)7(11,12)13/h4H2,1-3H3. The van der Waals surface area contributed by atoms with E-state index in [0.29, 0.717) is 0 Å². The highest BCUT2D eigenvalue weighted by Crippen LogP contribution is 2.49. The Morgan fingerprint density at radius 2 is 1.29 bits per heavy atom. The van der Waals surface area contributed by atoms with Crippen LogP contribution in [-0.4, -0.2) is 28.7 Å². The Bertz CT molecular complexity index is 274. The van der Waals surface area contributed by atoms with Crippen molar-refractivity contribution in [2.45, 2.75) is 50.9 Å². The quantitative estimate of drug-likeness (QED) is 0.435. The third-order valence-corrected chi connectivity index (χ3v) is 2.40. The molecule has 0 aromatic heterocycles. The van der Waals surface area contributed by atoms with Gasteiger partial charge in [0.25, 0.3) is 0 Å². The lowest BCUT2D eigenvalue weighted by Crippen LogP contribution is -2.64. The fourth-order valence-corrected chi connectivity index (χ4v) is 0.822. The Balaban J connectivity index is 5.42. The second kappa shape index (κ2) is 4.27. The summed E-state index contributed by atoms with van der Waals surface area (Å²) in [6, 6.07) is -5.86. The molecule has 0 unspecified atom stereocenters. The topological polar surface area (TPSA) is 23.1 Å². The fourth-order valence-electron chi connectivity index (χ4n) is 0.822. The molecule has 1 radical (unpaired) electrons. The van der Waals surface area contributed by atoms with E-state index in [-0.39, 0.29) is 6.42 Å². The maximum Gasteiger partial charge on any atom is 0.461 e. The molecule has 0 aliphatic carbocycles. The Morgan fingerprint density at radius 1 is 0.941 bits per heavy atom. The second-order valence-corrected chi connectivity index (χ2v) is 4.07. The van der Waals surface area contributed by atoms with Crippen LogP contribution in [-0.2, 0) is 5.21 Å². The summed E-state index contributed by atoms with van der Waals surface area (Å²) in [5.41, 5.74) is -2.04. The van der Waals surface area contributed by atoms with Crippen molar-refractivity contribution in [2.75, 3.05) is 0 Å². The Hall–Kier alpha value is -0.570. The molecule has 0 atom stereocenters. The van der Waals surface area contributed by atoms with Crippen molar-refractivity contribution in [1.29, 1.82) is 0 Å². The van der Waals surface area contributed by atoms with Crippen LogP contribution in [0.2, 0.25) is 0 Å². The van der Waals surface area contributed by atoms with Crippen LogP contribution in [0, 0.1) is 0 Å². The Morgan fingerprint density at radius 3 is 1.53 bits per heavy atom. The average Bonchev–Trinajstić information content (AvgIpc) is 2.14. The van der Waals surface area contributed by atoms with E-state index in [9.17, 15) is 35.9 Å². The summed E-state index contributed by atoms with van der Waals surface area (Å²) < 4.78 is 86.2. The molecule has 0 bridgehead atoms. The molecule has 0 fully saturated rings. The molecule has 103 valence electrons. The summed E-state index contributed by atoms with van der Waals surface area (Å²) >= 11 is 0. The number of halogens is 7. The lowest BCUT2D eigenvalue weighted by Gasteiger charge is -2.39. The molecule has 0 amide bonds. The van der Waals surface area contributed by atoms with Crippen molar-refractivity contribution < 1.29 is 35.9 Å². The highest BCUT2D eigenvalue weighted by Gasteiger charge is 2.77. The monoisotopic (exact) mass is 270 g/mol. The van der Waals surface area contributed by atoms with Gasteiger partial charge in [-0.05, 0) is 20.3 Å². The first-order valence-electron chi connectivity index (χ1n) is 4.51. The molecule has 17 heavy (non-hydrogen) atoms. The number of alkyl halides is 7. The number of hydroxylamine groups is 2. The minimum atomic E-state index is -6.50. The van der Waals surface area contributed by atoms with Crippen LogP contribution in [0.3, 0.4) is 0 Å². The lowest BCUT2D eigenvalue weighted by molar-refractivity contribution is -0.460. The number of hydrogen-bond acceptors (Lipinski definition) is 1. The van der Waals surface area contributed by atoms with Gasteiger partial charge in [-0.3, -0.25) is 0 Å². The Labute approximate surface area is 93.0 Å². The second-order valence-electron chi connectivity index (χ2n) is 4.07. The zero-order valence-corrected chi connectivity index (χ0v) is 9.21. The van der Waals surface area contributed by atoms with E-state index in [4.69, 9.17) is 0 Å². The van der Waals surface area contributed by atoms with Crippen molar-refractivity contribution in [3.63, 3.8) is 0 Å². The summed E-state index contributed by atoms with van der Waals surface area (Å²) in [6.45, 7) is 2.91. The van der Waals surface area contributed by atoms with Crippen LogP contribution in [0.15, 0.2) is 0 Å². The van der Waals surface area contributed by atoms with Crippen molar-refractivity contribution in [3.8, 4) is 0 Å². The average molecular weight is 270 g/mol. The largest absolute Gasteiger partial charge is 0.461 e. The van der Waals surface area contributed by atoms with Crippen LogP contribution in [0.25, 0.3) is 0 Å². The van der Waals surface area contributed by atoms with Gasteiger partial charge in [-0.25, -0.2) is 0 Å². The summed E-state index contributed by atoms with van der Waals surface area (Å²) in [5, 5.41) is 9.50. The van der Waals surface area contributed by atoms with Crippen molar-refractivity contribution in [1.82, 2.24) is 5.06 Å². The first-order valence-corrected chi connectivity index (χ1v) is 4.51. The van der Waals surface area contributed by atoms with Gasteiger partial charge < -0.3 is 0 Å². The zero-order valence-electron chi connectivity index (χ0n) is 9.21.